The molecule has 1 atom stereocenters. The number of aryl methyl sites for hydroxylation is 1. The van der Waals surface area contributed by atoms with Crippen LogP contribution in [0.4, 0.5) is 0 Å². The fourth-order valence-corrected chi connectivity index (χ4v) is 3.41. The third-order valence-corrected chi connectivity index (χ3v) is 4.71. The molecule has 2 aromatic carbocycles. The Morgan fingerprint density at radius 1 is 1.04 bits per heavy atom. The molecule has 0 amide bonds. The molecule has 0 saturated heterocycles. The molecule has 0 spiro atoms. The maximum Gasteiger partial charge on any atom is 0.119 e. The van der Waals surface area contributed by atoms with Crippen molar-refractivity contribution < 1.29 is 4.74 Å². The molecule has 0 saturated carbocycles. The molecule has 0 radical (unpaired) electrons. The van der Waals surface area contributed by atoms with E-state index >= 15 is 0 Å². The lowest BCUT2D eigenvalue weighted by atomic mass is 9.84. The number of hydrogen-bond donors (Lipinski definition) is 1. The molecular weight excluding hydrogens is 282 g/mol. The third-order valence-electron chi connectivity index (χ3n) is 4.71. The van der Waals surface area contributed by atoms with Crippen LogP contribution in [0.5, 0.6) is 5.75 Å². The van der Waals surface area contributed by atoms with Gasteiger partial charge in [-0.05, 0) is 80.4 Å². The monoisotopic (exact) mass is 309 g/mol. The lowest BCUT2D eigenvalue weighted by Crippen LogP contribution is -2.28. The third kappa shape index (κ3) is 4.59. The first-order chi connectivity index (χ1) is 11.3. The van der Waals surface area contributed by atoms with Crippen molar-refractivity contribution in [1.29, 1.82) is 0 Å². The normalized spacial score (nSPS) is 16.8. The highest BCUT2D eigenvalue weighted by atomic mass is 16.5. The molecule has 0 heterocycles. The Bertz CT molecular complexity index is 605. The number of rotatable bonds is 7. The van der Waals surface area contributed by atoms with Gasteiger partial charge in [-0.3, -0.25) is 0 Å². The van der Waals surface area contributed by atoms with Crippen molar-refractivity contribution in [3.63, 3.8) is 0 Å². The van der Waals surface area contributed by atoms with Crippen molar-refractivity contribution in [3.8, 4) is 5.75 Å². The fourth-order valence-electron chi connectivity index (χ4n) is 3.41. The second kappa shape index (κ2) is 8.16. The standard InChI is InChI=1S/C21H27NO/c1-2-23-21-11-8-17(9-12-21)13-14-22-16-18-7-10-19-5-3-4-6-20(19)15-18/h3-6,8-9,11-12,18,22H,2,7,10,13-16H2,1H3. The predicted molar refractivity (Wildman–Crippen MR) is 96.1 cm³/mol. The summed E-state index contributed by atoms with van der Waals surface area (Å²) in [4.78, 5) is 0. The van der Waals surface area contributed by atoms with Crippen LogP contribution in [-0.2, 0) is 19.3 Å². The topological polar surface area (TPSA) is 21.3 Å². The minimum Gasteiger partial charge on any atom is -0.494 e. The molecule has 122 valence electrons. The van der Waals surface area contributed by atoms with Crippen molar-refractivity contribution in [2.75, 3.05) is 19.7 Å². The van der Waals surface area contributed by atoms with Gasteiger partial charge >= 0.3 is 0 Å². The van der Waals surface area contributed by atoms with E-state index in [0.717, 1.165) is 37.8 Å². The van der Waals surface area contributed by atoms with Crippen LogP contribution in [0.3, 0.4) is 0 Å². The van der Waals surface area contributed by atoms with E-state index < -0.39 is 0 Å². The van der Waals surface area contributed by atoms with Crippen molar-refractivity contribution >= 4 is 0 Å². The van der Waals surface area contributed by atoms with Crippen LogP contribution in [0, 0.1) is 5.92 Å². The van der Waals surface area contributed by atoms with Crippen LogP contribution in [-0.4, -0.2) is 19.7 Å². The van der Waals surface area contributed by atoms with Gasteiger partial charge < -0.3 is 10.1 Å². The second-order valence-corrected chi connectivity index (χ2v) is 6.41. The summed E-state index contributed by atoms with van der Waals surface area (Å²) < 4.78 is 5.48. The first-order valence-electron chi connectivity index (χ1n) is 8.84. The highest BCUT2D eigenvalue weighted by molar-refractivity contribution is 5.30. The SMILES string of the molecule is CCOc1ccc(CCNCC2CCc3ccccc3C2)cc1. The molecule has 1 N–H and O–H groups in total. The summed E-state index contributed by atoms with van der Waals surface area (Å²) in [7, 11) is 0. The van der Waals surface area contributed by atoms with Crippen molar-refractivity contribution in [3.05, 3.63) is 65.2 Å². The molecule has 1 unspecified atom stereocenters. The van der Waals surface area contributed by atoms with Crippen LogP contribution in [0.1, 0.15) is 30.0 Å². The maximum atomic E-state index is 5.48. The zero-order valence-corrected chi connectivity index (χ0v) is 14.1. The average Bonchev–Trinajstić information content (AvgIpc) is 2.60. The highest BCUT2D eigenvalue weighted by Gasteiger charge is 2.17. The summed E-state index contributed by atoms with van der Waals surface area (Å²) in [5.74, 6) is 1.75. The number of hydrogen-bond acceptors (Lipinski definition) is 2. The number of benzene rings is 2. The predicted octanol–water partition coefficient (Wildman–Crippen LogP) is 4.02. The van der Waals surface area contributed by atoms with Crippen LogP contribution >= 0.6 is 0 Å². The number of nitrogens with one attached hydrogen (secondary N) is 1. The Balaban J connectivity index is 1.39. The van der Waals surface area contributed by atoms with Crippen LogP contribution < -0.4 is 10.1 Å². The molecular formula is C21H27NO. The van der Waals surface area contributed by atoms with Crippen LogP contribution in [0.15, 0.2) is 48.5 Å². The molecule has 0 aliphatic heterocycles. The zero-order chi connectivity index (χ0) is 15.9. The van der Waals surface area contributed by atoms with E-state index in [0.29, 0.717) is 0 Å². The lowest BCUT2D eigenvalue weighted by molar-refractivity contribution is 0.340. The maximum absolute atomic E-state index is 5.48. The second-order valence-electron chi connectivity index (χ2n) is 6.41. The molecule has 23 heavy (non-hydrogen) atoms. The van der Waals surface area contributed by atoms with Gasteiger partial charge in [-0.25, -0.2) is 0 Å². The van der Waals surface area contributed by atoms with Gasteiger partial charge in [0.05, 0.1) is 6.61 Å². The molecule has 2 nitrogen and oxygen atoms in total. The Hall–Kier alpha value is -1.80. The quantitative estimate of drug-likeness (QED) is 0.780. The van der Waals surface area contributed by atoms with E-state index in [4.69, 9.17) is 4.74 Å². The van der Waals surface area contributed by atoms with Gasteiger partial charge in [0.1, 0.15) is 5.75 Å². The van der Waals surface area contributed by atoms with E-state index in [9.17, 15) is 0 Å². The smallest absolute Gasteiger partial charge is 0.119 e. The van der Waals surface area contributed by atoms with E-state index in [-0.39, 0.29) is 0 Å². The zero-order valence-electron chi connectivity index (χ0n) is 14.1. The van der Waals surface area contributed by atoms with Gasteiger partial charge in [0.15, 0.2) is 0 Å². The van der Waals surface area contributed by atoms with Gasteiger partial charge in [0.2, 0.25) is 0 Å². The van der Waals surface area contributed by atoms with E-state index in [2.05, 4.69) is 53.8 Å². The average molecular weight is 309 g/mol. The Morgan fingerprint density at radius 2 is 1.83 bits per heavy atom. The lowest BCUT2D eigenvalue weighted by Gasteiger charge is -2.24. The van der Waals surface area contributed by atoms with Crippen molar-refractivity contribution in [2.45, 2.75) is 32.6 Å². The molecule has 3 rings (SSSR count). The van der Waals surface area contributed by atoms with Crippen molar-refractivity contribution in [1.82, 2.24) is 5.32 Å². The van der Waals surface area contributed by atoms with Gasteiger partial charge in [-0.2, -0.15) is 0 Å². The van der Waals surface area contributed by atoms with Crippen LogP contribution in [0.25, 0.3) is 0 Å². The highest BCUT2D eigenvalue weighted by Crippen LogP contribution is 2.24. The molecule has 0 aromatic heterocycles. The number of ether oxygens (including phenoxy) is 1. The summed E-state index contributed by atoms with van der Waals surface area (Å²) in [6.07, 6.45) is 4.86. The first-order valence-corrected chi connectivity index (χ1v) is 8.84. The largest absolute Gasteiger partial charge is 0.494 e. The van der Waals surface area contributed by atoms with Gasteiger partial charge in [-0.15, -0.1) is 0 Å². The van der Waals surface area contributed by atoms with Gasteiger partial charge in [-0.1, -0.05) is 36.4 Å². The van der Waals surface area contributed by atoms with E-state index in [1.807, 2.05) is 6.92 Å². The number of fused-ring (bicyclic) bond motifs is 1. The summed E-state index contributed by atoms with van der Waals surface area (Å²) in [5.41, 5.74) is 4.48. The molecule has 0 fully saturated rings. The molecule has 2 aromatic rings. The Labute approximate surface area is 139 Å². The Kier molecular flexibility index (Phi) is 5.71. The fraction of sp³-hybridized carbons (Fsp3) is 0.429. The summed E-state index contributed by atoms with van der Waals surface area (Å²) in [5, 5.41) is 3.64. The van der Waals surface area contributed by atoms with Gasteiger partial charge in [0, 0.05) is 0 Å². The summed E-state index contributed by atoms with van der Waals surface area (Å²) >= 11 is 0. The molecule has 1 aliphatic carbocycles. The molecule has 1 aliphatic rings. The van der Waals surface area contributed by atoms with Crippen LogP contribution in [0.2, 0.25) is 0 Å². The minimum atomic E-state index is 0.728. The molecule has 2 heteroatoms. The first kappa shape index (κ1) is 16.1. The van der Waals surface area contributed by atoms with Gasteiger partial charge in [0.25, 0.3) is 0 Å². The summed E-state index contributed by atoms with van der Waals surface area (Å²) in [6, 6.07) is 17.4. The Morgan fingerprint density at radius 3 is 2.61 bits per heavy atom. The minimum absolute atomic E-state index is 0.728. The summed E-state index contributed by atoms with van der Waals surface area (Å²) in [6.45, 7) is 4.92. The molecule has 0 bridgehead atoms. The van der Waals surface area contributed by atoms with E-state index in [1.165, 1.54) is 24.8 Å². The van der Waals surface area contributed by atoms with Crippen molar-refractivity contribution in [2.24, 2.45) is 5.92 Å². The van der Waals surface area contributed by atoms with E-state index in [1.54, 1.807) is 11.1 Å².